The van der Waals surface area contributed by atoms with E-state index in [0.29, 0.717) is 0 Å². The highest BCUT2D eigenvalue weighted by molar-refractivity contribution is 5.30. The zero-order valence-corrected chi connectivity index (χ0v) is 9.61. The van der Waals surface area contributed by atoms with Gasteiger partial charge in [-0.05, 0) is 18.9 Å². The van der Waals surface area contributed by atoms with Gasteiger partial charge in [0, 0.05) is 25.2 Å². The second-order valence-electron chi connectivity index (χ2n) is 4.32. The van der Waals surface area contributed by atoms with Crippen LogP contribution in [0.2, 0.25) is 0 Å². The molecule has 2 heteroatoms. The van der Waals surface area contributed by atoms with Crippen LogP contribution in [0.25, 0.3) is 0 Å². The van der Waals surface area contributed by atoms with E-state index in [0.717, 1.165) is 31.6 Å². The molecule has 1 aliphatic heterocycles. The van der Waals surface area contributed by atoms with Crippen LogP contribution in [0.4, 0.5) is 0 Å². The molecule has 2 nitrogen and oxygen atoms in total. The first kappa shape index (κ1) is 10.9. The van der Waals surface area contributed by atoms with Crippen LogP contribution in [0.5, 0.6) is 0 Å². The lowest BCUT2D eigenvalue weighted by atomic mass is 10.0. The van der Waals surface area contributed by atoms with Gasteiger partial charge in [-0.2, -0.15) is 5.26 Å². The molecule has 0 radical (unpaired) electrons. The second kappa shape index (κ2) is 4.96. The Hall–Kier alpha value is -1.59. The van der Waals surface area contributed by atoms with Gasteiger partial charge >= 0.3 is 0 Å². The van der Waals surface area contributed by atoms with Crippen molar-refractivity contribution < 1.29 is 0 Å². The summed E-state index contributed by atoms with van der Waals surface area (Å²) in [7, 11) is 0. The molecule has 16 heavy (non-hydrogen) atoms. The van der Waals surface area contributed by atoms with E-state index in [4.69, 9.17) is 5.26 Å². The van der Waals surface area contributed by atoms with Gasteiger partial charge in [0.2, 0.25) is 0 Å². The summed E-state index contributed by atoms with van der Waals surface area (Å²) < 4.78 is 0. The molecule has 0 amide bonds. The van der Waals surface area contributed by atoms with E-state index < -0.39 is 0 Å². The maximum absolute atomic E-state index is 9.01. The standard InChI is InChI=1S/C14H16N2/c1-12-7-8-16(11-14(12)9-15)10-13-5-3-2-4-6-13/h2-6H,7-8,10-11H2,1H3. The second-order valence-corrected chi connectivity index (χ2v) is 4.32. The number of benzene rings is 1. The molecule has 2 rings (SSSR count). The van der Waals surface area contributed by atoms with Gasteiger partial charge in [0.25, 0.3) is 0 Å². The minimum atomic E-state index is 0.803. The van der Waals surface area contributed by atoms with Crippen molar-refractivity contribution in [2.75, 3.05) is 13.1 Å². The molecule has 1 aromatic carbocycles. The van der Waals surface area contributed by atoms with Crippen molar-refractivity contribution in [2.45, 2.75) is 19.9 Å². The summed E-state index contributed by atoms with van der Waals surface area (Å²) in [5.74, 6) is 0. The molecule has 0 spiro atoms. The van der Waals surface area contributed by atoms with Crippen LogP contribution in [0.3, 0.4) is 0 Å². The third kappa shape index (κ3) is 2.50. The Morgan fingerprint density at radius 1 is 1.31 bits per heavy atom. The summed E-state index contributed by atoms with van der Waals surface area (Å²) >= 11 is 0. The molecule has 82 valence electrons. The summed E-state index contributed by atoms with van der Waals surface area (Å²) in [5, 5.41) is 9.01. The number of hydrogen-bond donors (Lipinski definition) is 0. The molecule has 0 atom stereocenters. The molecule has 0 aromatic heterocycles. The molecule has 0 aliphatic carbocycles. The average Bonchev–Trinajstić information content (AvgIpc) is 2.33. The fourth-order valence-corrected chi connectivity index (χ4v) is 2.02. The van der Waals surface area contributed by atoms with E-state index in [1.165, 1.54) is 11.1 Å². The summed E-state index contributed by atoms with van der Waals surface area (Å²) in [6.45, 7) is 4.88. The Balaban J connectivity index is 2.02. The van der Waals surface area contributed by atoms with Crippen LogP contribution < -0.4 is 0 Å². The molecular weight excluding hydrogens is 196 g/mol. The number of nitrogens with zero attached hydrogens (tertiary/aromatic N) is 2. The van der Waals surface area contributed by atoms with Crippen molar-refractivity contribution in [1.82, 2.24) is 4.90 Å². The van der Waals surface area contributed by atoms with E-state index >= 15 is 0 Å². The number of nitriles is 1. The molecule has 0 saturated carbocycles. The monoisotopic (exact) mass is 212 g/mol. The van der Waals surface area contributed by atoms with Crippen molar-refractivity contribution in [3.05, 3.63) is 47.0 Å². The van der Waals surface area contributed by atoms with Gasteiger partial charge < -0.3 is 0 Å². The van der Waals surface area contributed by atoms with E-state index in [1.54, 1.807) is 0 Å². The number of rotatable bonds is 2. The first-order valence-electron chi connectivity index (χ1n) is 5.64. The Morgan fingerprint density at radius 2 is 2.06 bits per heavy atom. The van der Waals surface area contributed by atoms with Crippen molar-refractivity contribution in [2.24, 2.45) is 0 Å². The fraction of sp³-hybridized carbons (Fsp3) is 0.357. The lowest BCUT2D eigenvalue weighted by molar-refractivity contribution is 0.280. The summed E-state index contributed by atoms with van der Waals surface area (Å²) in [4.78, 5) is 2.33. The highest BCUT2D eigenvalue weighted by Gasteiger charge is 2.16. The highest BCUT2D eigenvalue weighted by Crippen LogP contribution is 2.18. The fourth-order valence-electron chi connectivity index (χ4n) is 2.02. The minimum absolute atomic E-state index is 0.803. The maximum atomic E-state index is 9.01. The maximum Gasteiger partial charge on any atom is 0.0960 e. The lowest BCUT2D eigenvalue weighted by Gasteiger charge is -2.27. The first-order chi connectivity index (χ1) is 7.79. The van der Waals surface area contributed by atoms with Gasteiger partial charge in [-0.1, -0.05) is 35.9 Å². The summed E-state index contributed by atoms with van der Waals surface area (Å²) in [5.41, 5.74) is 3.52. The molecule has 0 saturated heterocycles. The topological polar surface area (TPSA) is 27.0 Å². The van der Waals surface area contributed by atoms with E-state index in [-0.39, 0.29) is 0 Å². The van der Waals surface area contributed by atoms with E-state index in [9.17, 15) is 0 Å². The van der Waals surface area contributed by atoms with Crippen LogP contribution in [0.1, 0.15) is 18.9 Å². The van der Waals surface area contributed by atoms with Gasteiger partial charge in [-0.15, -0.1) is 0 Å². The first-order valence-corrected chi connectivity index (χ1v) is 5.64. The lowest BCUT2D eigenvalue weighted by Crippen LogP contribution is -2.30. The van der Waals surface area contributed by atoms with Crippen molar-refractivity contribution in [3.63, 3.8) is 0 Å². The Kier molecular flexibility index (Phi) is 3.38. The summed E-state index contributed by atoms with van der Waals surface area (Å²) in [6, 6.07) is 12.7. The third-order valence-corrected chi connectivity index (χ3v) is 3.08. The molecule has 0 fully saturated rings. The predicted octanol–water partition coefficient (Wildman–Crippen LogP) is 2.73. The summed E-state index contributed by atoms with van der Waals surface area (Å²) in [6.07, 6.45) is 1.02. The van der Waals surface area contributed by atoms with Crippen LogP contribution in [-0.4, -0.2) is 18.0 Å². The van der Waals surface area contributed by atoms with E-state index in [1.807, 2.05) is 6.07 Å². The van der Waals surface area contributed by atoms with Crippen LogP contribution in [-0.2, 0) is 6.54 Å². The van der Waals surface area contributed by atoms with Crippen molar-refractivity contribution >= 4 is 0 Å². The average molecular weight is 212 g/mol. The quantitative estimate of drug-likeness (QED) is 0.753. The zero-order valence-electron chi connectivity index (χ0n) is 9.61. The molecular formula is C14H16N2. The van der Waals surface area contributed by atoms with Gasteiger partial charge in [0.05, 0.1) is 6.07 Å². The Bertz CT molecular complexity index is 426. The minimum Gasteiger partial charge on any atom is -0.294 e. The Morgan fingerprint density at radius 3 is 2.75 bits per heavy atom. The normalized spacial score (nSPS) is 17.2. The number of hydrogen-bond acceptors (Lipinski definition) is 2. The molecule has 1 aliphatic rings. The molecule has 0 bridgehead atoms. The SMILES string of the molecule is CC1=C(C#N)CN(Cc2ccccc2)CC1. The van der Waals surface area contributed by atoms with Crippen LogP contribution in [0.15, 0.2) is 41.5 Å². The third-order valence-electron chi connectivity index (χ3n) is 3.08. The van der Waals surface area contributed by atoms with Gasteiger partial charge in [-0.3, -0.25) is 4.90 Å². The molecule has 0 unspecified atom stereocenters. The van der Waals surface area contributed by atoms with Crippen LogP contribution in [0, 0.1) is 11.3 Å². The highest BCUT2D eigenvalue weighted by atomic mass is 15.1. The predicted molar refractivity (Wildman–Crippen MR) is 64.6 cm³/mol. The van der Waals surface area contributed by atoms with Gasteiger partial charge in [0.15, 0.2) is 0 Å². The largest absolute Gasteiger partial charge is 0.294 e. The Labute approximate surface area is 96.8 Å². The molecule has 1 heterocycles. The molecule has 1 aromatic rings. The zero-order chi connectivity index (χ0) is 11.4. The van der Waals surface area contributed by atoms with Crippen molar-refractivity contribution in [3.8, 4) is 6.07 Å². The van der Waals surface area contributed by atoms with Gasteiger partial charge in [-0.25, -0.2) is 0 Å². The van der Waals surface area contributed by atoms with Crippen molar-refractivity contribution in [1.29, 1.82) is 5.26 Å². The van der Waals surface area contributed by atoms with Crippen LogP contribution >= 0.6 is 0 Å². The van der Waals surface area contributed by atoms with Gasteiger partial charge in [0.1, 0.15) is 0 Å². The molecule has 0 N–H and O–H groups in total. The van der Waals surface area contributed by atoms with E-state index in [2.05, 4.69) is 42.2 Å². The smallest absolute Gasteiger partial charge is 0.0960 e.